The molecule has 2 rings (SSSR count). The fourth-order valence-electron chi connectivity index (χ4n) is 2.12. The Morgan fingerprint density at radius 3 is 2.26 bits per heavy atom. The second-order valence-electron chi connectivity index (χ2n) is 5.00. The van der Waals surface area contributed by atoms with Crippen LogP contribution in [-0.2, 0) is 16.0 Å². The van der Waals surface area contributed by atoms with Gasteiger partial charge in [0.05, 0.1) is 0 Å². The van der Waals surface area contributed by atoms with Gasteiger partial charge >= 0.3 is 5.97 Å². The average molecular weight is 309 g/mol. The van der Waals surface area contributed by atoms with E-state index in [1.165, 1.54) is 6.08 Å². The van der Waals surface area contributed by atoms with Gasteiger partial charge in [0.25, 0.3) is 5.91 Å². The molecule has 4 nitrogen and oxygen atoms in total. The number of ether oxygens (including phenoxy) is 1. The van der Waals surface area contributed by atoms with E-state index in [0.717, 1.165) is 5.56 Å². The first-order chi connectivity index (χ1) is 11.2. The van der Waals surface area contributed by atoms with Crippen LogP contribution < -0.4 is 5.32 Å². The van der Waals surface area contributed by atoms with Gasteiger partial charge in [-0.25, -0.2) is 4.79 Å². The third-order valence-electron chi connectivity index (χ3n) is 3.25. The van der Waals surface area contributed by atoms with Gasteiger partial charge in [-0.05, 0) is 17.7 Å². The quantitative estimate of drug-likeness (QED) is 0.632. The van der Waals surface area contributed by atoms with Gasteiger partial charge in [0.1, 0.15) is 12.6 Å². The molecule has 0 saturated carbocycles. The lowest BCUT2D eigenvalue weighted by molar-refractivity contribution is -0.144. The molecule has 0 bridgehead atoms. The number of nitrogens with one attached hydrogen (secondary N) is 1. The zero-order chi connectivity index (χ0) is 16.5. The molecule has 23 heavy (non-hydrogen) atoms. The van der Waals surface area contributed by atoms with E-state index in [1.807, 2.05) is 36.4 Å². The van der Waals surface area contributed by atoms with Crippen LogP contribution in [0.4, 0.5) is 0 Å². The first-order valence-corrected chi connectivity index (χ1v) is 7.38. The third-order valence-corrected chi connectivity index (χ3v) is 3.25. The van der Waals surface area contributed by atoms with Crippen molar-refractivity contribution in [2.45, 2.75) is 12.5 Å². The van der Waals surface area contributed by atoms with E-state index >= 15 is 0 Å². The van der Waals surface area contributed by atoms with E-state index in [1.54, 1.807) is 24.3 Å². The summed E-state index contributed by atoms with van der Waals surface area (Å²) < 4.78 is 5.09. The van der Waals surface area contributed by atoms with E-state index in [-0.39, 0.29) is 12.5 Å². The number of amides is 1. The second-order valence-corrected chi connectivity index (χ2v) is 5.00. The minimum absolute atomic E-state index is 0.116. The molecule has 0 spiro atoms. The van der Waals surface area contributed by atoms with Crippen molar-refractivity contribution in [3.05, 3.63) is 84.4 Å². The van der Waals surface area contributed by atoms with Crippen LogP contribution in [0.25, 0.3) is 0 Å². The van der Waals surface area contributed by atoms with Gasteiger partial charge in [0.15, 0.2) is 0 Å². The maximum Gasteiger partial charge on any atom is 0.329 e. The van der Waals surface area contributed by atoms with Crippen molar-refractivity contribution < 1.29 is 14.3 Å². The highest BCUT2D eigenvalue weighted by Gasteiger charge is 2.23. The predicted octanol–water partition coefficient (Wildman–Crippen LogP) is 2.76. The largest absolute Gasteiger partial charge is 0.460 e. The molecule has 0 heterocycles. The maximum atomic E-state index is 12.3. The van der Waals surface area contributed by atoms with Crippen LogP contribution >= 0.6 is 0 Å². The lowest BCUT2D eigenvalue weighted by atomic mass is 10.1. The van der Waals surface area contributed by atoms with Crippen LogP contribution in [-0.4, -0.2) is 24.5 Å². The molecule has 0 radical (unpaired) electrons. The van der Waals surface area contributed by atoms with Gasteiger partial charge in [-0.3, -0.25) is 4.79 Å². The van der Waals surface area contributed by atoms with Crippen LogP contribution in [0, 0.1) is 0 Å². The topological polar surface area (TPSA) is 55.4 Å². The Balaban J connectivity index is 2.11. The van der Waals surface area contributed by atoms with Crippen LogP contribution in [0.5, 0.6) is 0 Å². The Bertz CT molecular complexity index is 653. The average Bonchev–Trinajstić information content (AvgIpc) is 2.60. The molecule has 0 aliphatic carbocycles. The number of carbonyl (C=O) groups is 2. The fraction of sp³-hybridized carbons (Fsp3) is 0.158. The first-order valence-electron chi connectivity index (χ1n) is 7.38. The molecule has 2 aromatic rings. The minimum Gasteiger partial charge on any atom is -0.460 e. The molecule has 0 aliphatic heterocycles. The maximum absolute atomic E-state index is 12.3. The number of hydrogen-bond donors (Lipinski definition) is 1. The second kappa shape index (κ2) is 8.54. The van der Waals surface area contributed by atoms with Gasteiger partial charge in [0, 0.05) is 12.0 Å². The summed E-state index contributed by atoms with van der Waals surface area (Å²) >= 11 is 0. The van der Waals surface area contributed by atoms with Crippen molar-refractivity contribution in [1.82, 2.24) is 5.32 Å². The van der Waals surface area contributed by atoms with Gasteiger partial charge in [0.2, 0.25) is 0 Å². The van der Waals surface area contributed by atoms with Crippen LogP contribution in [0.2, 0.25) is 0 Å². The van der Waals surface area contributed by atoms with Crippen molar-refractivity contribution in [3.8, 4) is 0 Å². The van der Waals surface area contributed by atoms with E-state index in [9.17, 15) is 9.59 Å². The molecular formula is C19H19NO3. The van der Waals surface area contributed by atoms with E-state index in [2.05, 4.69) is 11.9 Å². The molecule has 0 aromatic heterocycles. The van der Waals surface area contributed by atoms with Crippen LogP contribution in [0.15, 0.2) is 73.3 Å². The molecule has 1 atom stereocenters. The molecule has 0 aliphatic rings. The first kappa shape index (κ1) is 16.5. The van der Waals surface area contributed by atoms with Gasteiger partial charge in [-0.15, -0.1) is 0 Å². The van der Waals surface area contributed by atoms with Crippen molar-refractivity contribution in [3.63, 3.8) is 0 Å². The molecule has 0 unspecified atom stereocenters. The predicted molar refractivity (Wildman–Crippen MR) is 89.0 cm³/mol. The summed E-state index contributed by atoms with van der Waals surface area (Å²) in [5.41, 5.74) is 1.45. The lowest BCUT2D eigenvalue weighted by Gasteiger charge is -2.17. The Labute approximate surface area is 135 Å². The van der Waals surface area contributed by atoms with Gasteiger partial charge < -0.3 is 10.1 Å². The number of esters is 1. The molecular weight excluding hydrogens is 290 g/mol. The highest BCUT2D eigenvalue weighted by molar-refractivity contribution is 5.96. The van der Waals surface area contributed by atoms with Gasteiger partial charge in [-0.1, -0.05) is 61.2 Å². The Morgan fingerprint density at radius 2 is 1.65 bits per heavy atom. The van der Waals surface area contributed by atoms with Crippen molar-refractivity contribution in [2.75, 3.05) is 6.61 Å². The molecule has 0 saturated heterocycles. The summed E-state index contributed by atoms with van der Waals surface area (Å²) in [6, 6.07) is 17.5. The van der Waals surface area contributed by atoms with Crippen molar-refractivity contribution >= 4 is 11.9 Å². The summed E-state index contributed by atoms with van der Waals surface area (Å²) in [7, 11) is 0. The summed E-state index contributed by atoms with van der Waals surface area (Å²) in [5, 5.41) is 2.74. The Kier molecular flexibility index (Phi) is 6.12. The number of carbonyl (C=O) groups excluding carboxylic acids is 2. The Hall–Kier alpha value is -2.88. The molecule has 4 heteroatoms. The molecule has 1 N–H and O–H groups in total. The van der Waals surface area contributed by atoms with Crippen LogP contribution in [0.1, 0.15) is 15.9 Å². The molecule has 0 fully saturated rings. The summed E-state index contributed by atoms with van der Waals surface area (Å²) in [6.45, 7) is 3.64. The highest BCUT2D eigenvalue weighted by Crippen LogP contribution is 2.07. The minimum atomic E-state index is -0.745. The lowest BCUT2D eigenvalue weighted by Crippen LogP contribution is -2.43. The van der Waals surface area contributed by atoms with Crippen molar-refractivity contribution in [1.29, 1.82) is 0 Å². The summed E-state index contributed by atoms with van der Waals surface area (Å²) in [6.07, 6.45) is 1.87. The molecule has 1 amide bonds. The Morgan fingerprint density at radius 1 is 1.04 bits per heavy atom. The third kappa shape index (κ3) is 5.11. The molecule has 2 aromatic carbocycles. The van der Waals surface area contributed by atoms with E-state index in [0.29, 0.717) is 12.0 Å². The van der Waals surface area contributed by atoms with Crippen LogP contribution in [0.3, 0.4) is 0 Å². The normalized spacial score (nSPS) is 11.3. The van der Waals surface area contributed by atoms with E-state index < -0.39 is 12.0 Å². The fourth-order valence-corrected chi connectivity index (χ4v) is 2.12. The zero-order valence-corrected chi connectivity index (χ0v) is 12.8. The zero-order valence-electron chi connectivity index (χ0n) is 12.8. The van der Waals surface area contributed by atoms with Gasteiger partial charge in [-0.2, -0.15) is 0 Å². The van der Waals surface area contributed by atoms with Crippen molar-refractivity contribution in [2.24, 2.45) is 0 Å². The summed E-state index contributed by atoms with van der Waals surface area (Å²) in [5.74, 6) is -0.778. The smallest absolute Gasteiger partial charge is 0.329 e. The monoisotopic (exact) mass is 309 g/mol. The number of rotatable bonds is 7. The molecule has 118 valence electrons. The summed E-state index contributed by atoms with van der Waals surface area (Å²) in [4.78, 5) is 24.5. The standard InChI is InChI=1S/C19H19NO3/c1-2-13-23-19(22)17(14-15-9-5-3-6-10-15)20-18(21)16-11-7-4-8-12-16/h2-12,17H,1,13-14H2,(H,20,21)/t17-/m1/s1. The van der Waals surface area contributed by atoms with E-state index in [4.69, 9.17) is 4.74 Å². The number of hydrogen-bond acceptors (Lipinski definition) is 3. The number of benzene rings is 2. The highest BCUT2D eigenvalue weighted by atomic mass is 16.5. The SMILES string of the molecule is C=CCOC(=O)[C@@H](Cc1ccccc1)NC(=O)c1ccccc1.